The maximum atomic E-state index is 11.2. The molecule has 0 heterocycles. The minimum absolute atomic E-state index is 0. The SMILES string of the molecule is CC(C)(C)OC(=O)NC1CC(N)C1.Cl. The van der Waals surface area contributed by atoms with Gasteiger partial charge in [0.25, 0.3) is 0 Å². The molecule has 4 nitrogen and oxygen atoms in total. The number of carbonyl (C=O) groups excluding carboxylic acids is 1. The van der Waals surface area contributed by atoms with Crippen molar-refractivity contribution in [1.29, 1.82) is 0 Å². The topological polar surface area (TPSA) is 64.3 Å². The van der Waals surface area contributed by atoms with E-state index in [2.05, 4.69) is 5.32 Å². The summed E-state index contributed by atoms with van der Waals surface area (Å²) in [6, 6.07) is 0.463. The quantitative estimate of drug-likeness (QED) is 0.706. The third-order valence-electron chi connectivity index (χ3n) is 1.90. The second-order valence-corrected chi connectivity index (χ2v) is 4.57. The van der Waals surface area contributed by atoms with Crippen molar-refractivity contribution in [3.8, 4) is 0 Å². The molecule has 3 N–H and O–H groups in total. The molecule has 14 heavy (non-hydrogen) atoms. The van der Waals surface area contributed by atoms with E-state index < -0.39 is 5.60 Å². The van der Waals surface area contributed by atoms with Crippen molar-refractivity contribution >= 4 is 18.5 Å². The van der Waals surface area contributed by atoms with E-state index >= 15 is 0 Å². The highest BCUT2D eigenvalue weighted by Crippen LogP contribution is 2.18. The molecule has 0 spiro atoms. The highest BCUT2D eigenvalue weighted by molar-refractivity contribution is 5.85. The summed E-state index contributed by atoms with van der Waals surface area (Å²) >= 11 is 0. The summed E-state index contributed by atoms with van der Waals surface area (Å²) in [5.41, 5.74) is 5.16. The molecule has 0 unspecified atom stereocenters. The van der Waals surface area contributed by atoms with Crippen LogP contribution in [0.4, 0.5) is 4.79 Å². The van der Waals surface area contributed by atoms with Crippen LogP contribution in [-0.4, -0.2) is 23.8 Å². The molecule has 84 valence electrons. The first-order chi connectivity index (χ1) is 5.87. The molecule has 1 fully saturated rings. The van der Waals surface area contributed by atoms with Gasteiger partial charge in [0.1, 0.15) is 5.60 Å². The van der Waals surface area contributed by atoms with Gasteiger partial charge in [0.15, 0.2) is 0 Å². The van der Waals surface area contributed by atoms with Gasteiger partial charge in [-0.2, -0.15) is 0 Å². The Labute approximate surface area is 91.0 Å². The Balaban J connectivity index is 0.00000169. The van der Waals surface area contributed by atoms with Crippen molar-refractivity contribution in [2.75, 3.05) is 0 Å². The number of nitrogens with one attached hydrogen (secondary N) is 1. The fraction of sp³-hybridized carbons (Fsp3) is 0.889. The van der Waals surface area contributed by atoms with Gasteiger partial charge in [-0.25, -0.2) is 4.79 Å². The first-order valence-corrected chi connectivity index (χ1v) is 4.62. The number of carbonyl (C=O) groups is 1. The summed E-state index contributed by atoms with van der Waals surface area (Å²) in [5.74, 6) is 0. The molecule has 0 bridgehead atoms. The summed E-state index contributed by atoms with van der Waals surface area (Å²) < 4.78 is 5.09. The number of hydrogen-bond acceptors (Lipinski definition) is 3. The Morgan fingerprint density at radius 3 is 2.29 bits per heavy atom. The molecule has 0 atom stereocenters. The van der Waals surface area contributed by atoms with Gasteiger partial charge in [-0.05, 0) is 33.6 Å². The Bertz CT molecular complexity index is 197. The smallest absolute Gasteiger partial charge is 0.407 e. The van der Waals surface area contributed by atoms with Gasteiger partial charge in [-0.3, -0.25) is 0 Å². The maximum Gasteiger partial charge on any atom is 0.407 e. The first kappa shape index (κ1) is 13.5. The van der Waals surface area contributed by atoms with Crippen LogP contribution < -0.4 is 11.1 Å². The molecular weight excluding hydrogens is 204 g/mol. The number of alkyl carbamates (subject to hydrolysis) is 1. The van der Waals surface area contributed by atoms with E-state index in [9.17, 15) is 4.79 Å². The van der Waals surface area contributed by atoms with Crippen LogP contribution in [0.1, 0.15) is 33.6 Å². The van der Waals surface area contributed by atoms with E-state index in [1.165, 1.54) is 0 Å². The Morgan fingerprint density at radius 2 is 1.93 bits per heavy atom. The van der Waals surface area contributed by atoms with Crippen molar-refractivity contribution in [3.63, 3.8) is 0 Å². The van der Waals surface area contributed by atoms with Crippen molar-refractivity contribution in [1.82, 2.24) is 5.32 Å². The lowest BCUT2D eigenvalue weighted by Crippen LogP contribution is -2.51. The molecular formula is C9H19ClN2O2. The average Bonchev–Trinajstić information content (AvgIpc) is 1.79. The highest BCUT2D eigenvalue weighted by Gasteiger charge is 2.28. The zero-order valence-electron chi connectivity index (χ0n) is 8.87. The van der Waals surface area contributed by atoms with E-state index in [0.29, 0.717) is 0 Å². The molecule has 0 aromatic heterocycles. The second-order valence-electron chi connectivity index (χ2n) is 4.57. The van der Waals surface area contributed by atoms with Gasteiger partial charge in [0, 0.05) is 12.1 Å². The molecule has 1 saturated carbocycles. The van der Waals surface area contributed by atoms with E-state index in [4.69, 9.17) is 10.5 Å². The Kier molecular flexibility index (Phi) is 4.68. The zero-order chi connectivity index (χ0) is 10.1. The highest BCUT2D eigenvalue weighted by atomic mass is 35.5. The summed E-state index contributed by atoms with van der Waals surface area (Å²) in [7, 11) is 0. The summed E-state index contributed by atoms with van der Waals surface area (Å²) in [4.78, 5) is 11.2. The molecule has 1 rings (SSSR count). The molecule has 1 aliphatic carbocycles. The molecule has 5 heteroatoms. The number of rotatable bonds is 1. The molecule has 1 aliphatic rings. The number of ether oxygens (including phenoxy) is 1. The lowest BCUT2D eigenvalue weighted by Gasteiger charge is -2.33. The average molecular weight is 223 g/mol. The third-order valence-corrected chi connectivity index (χ3v) is 1.90. The van der Waals surface area contributed by atoms with Crippen molar-refractivity contribution < 1.29 is 9.53 Å². The Hall–Kier alpha value is -0.480. The maximum absolute atomic E-state index is 11.2. The standard InChI is InChI=1S/C9H18N2O2.ClH/c1-9(2,3)13-8(12)11-7-4-6(10)5-7;/h6-7H,4-5,10H2,1-3H3,(H,11,12);1H. The summed E-state index contributed by atoms with van der Waals surface area (Å²) in [6.45, 7) is 5.54. The third kappa shape index (κ3) is 4.67. The minimum atomic E-state index is -0.421. The molecule has 0 radical (unpaired) electrons. The zero-order valence-corrected chi connectivity index (χ0v) is 9.69. The lowest BCUT2D eigenvalue weighted by atomic mass is 9.88. The van der Waals surface area contributed by atoms with Gasteiger partial charge in [0.05, 0.1) is 0 Å². The van der Waals surface area contributed by atoms with Crippen LogP contribution in [0.2, 0.25) is 0 Å². The molecule has 0 saturated heterocycles. The van der Waals surface area contributed by atoms with Gasteiger partial charge in [-0.1, -0.05) is 0 Å². The second kappa shape index (κ2) is 4.84. The van der Waals surface area contributed by atoms with Crippen LogP contribution in [0.25, 0.3) is 0 Å². The van der Waals surface area contributed by atoms with E-state index in [1.807, 2.05) is 20.8 Å². The number of amides is 1. The fourth-order valence-electron chi connectivity index (χ4n) is 1.25. The van der Waals surface area contributed by atoms with Gasteiger partial charge in [-0.15, -0.1) is 12.4 Å². The molecule has 0 aromatic carbocycles. The predicted molar refractivity (Wildman–Crippen MR) is 57.6 cm³/mol. The number of nitrogens with two attached hydrogens (primary N) is 1. The van der Waals surface area contributed by atoms with Gasteiger partial charge >= 0.3 is 6.09 Å². The number of halogens is 1. The largest absolute Gasteiger partial charge is 0.444 e. The van der Waals surface area contributed by atoms with Gasteiger partial charge in [0.2, 0.25) is 0 Å². The predicted octanol–water partition coefficient (Wildman–Crippen LogP) is 1.42. The number of hydrogen-bond donors (Lipinski definition) is 2. The first-order valence-electron chi connectivity index (χ1n) is 4.62. The van der Waals surface area contributed by atoms with E-state index in [-0.39, 0.29) is 30.6 Å². The summed E-state index contributed by atoms with van der Waals surface area (Å²) in [6.07, 6.45) is 1.38. The monoisotopic (exact) mass is 222 g/mol. The lowest BCUT2D eigenvalue weighted by molar-refractivity contribution is 0.0473. The van der Waals surface area contributed by atoms with Crippen molar-refractivity contribution in [2.45, 2.75) is 51.3 Å². The van der Waals surface area contributed by atoms with Crippen LogP contribution in [0, 0.1) is 0 Å². The van der Waals surface area contributed by atoms with Crippen LogP contribution in [0.15, 0.2) is 0 Å². The van der Waals surface area contributed by atoms with Crippen LogP contribution in [0.5, 0.6) is 0 Å². The van der Waals surface area contributed by atoms with E-state index in [0.717, 1.165) is 12.8 Å². The van der Waals surface area contributed by atoms with Crippen molar-refractivity contribution in [2.24, 2.45) is 5.73 Å². The Morgan fingerprint density at radius 1 is 1.43 bits per heavy atom. The van der Waals surface area contributed by atoms with E-state index in [1.54, 1.807) is 0 Å². The van der Waals surface area contributed by atoms with Crippen LogP contribution in [0.3, 0.4) is 0 Å². The van der Waals surface area contributed by atoms with Gasteiger partial charge < -0.3 is 15.8 Å². The fourth-order valence-corrected chi connectivity index (χ4v) is 1.25. The van der Waals surface area contributed by atoms with Crippen molar-refractivity contribution in [3.05, 3.63) is 0 Å². The molecule has 1 amide bonds. The van der Waals surface area contributed by atoms with Crippen LogP contribution in [-0.2, 0) is 4.74 Å². The molecule has 0 aromatic rings. The normalized spacial score (nSPS) is 25.7. The molecule has 0 aliphatic heterocycles. The summed E-state index contributed by atoms with van der Waals surface area (Å²) in [5, 5.41) is 2.76. The minimum Gasteiger partial charge on any atom is -0.444 e. The van der Waals surface area contributed by atoms with Crippen LogP contribution >= 0.6 is 12.4 Å².